The molecule has 4 heteroatoms. The monoisotopic (exact) mass is 253 g/mol. The second-order valence-corrected chi connectivity index (χ2v) is 4.72. The first-order valence-electron chi connectivity index (χ1n) is 6.36. The standard InChI is InChI=1S/C15H15N3O/c19-15(18-17-10-12-7-4-8-16-12)14-9-13(14)11-5-2-1-3-6-11/h1-8,10,13-14,16H,9H2,(H,18,19)/b17-10+/t13-,14+/m1/s1. The lowest BCUT2D eigenvalue weighted by atomic mass is 10.1. The molecule has 1 aliphatic rings. The van der Waals surface area contributed by atoms with Gasteiger partial charge in [-0.05, 0) is 30.0 Å². The van der Waals surface area contributed by atoms with E-state index in [4.69, 9.17) is 0 Å². The fourth-order valence-electron chi connectivity index (χ4n) is 2.23. The van der Waals surface area contributed by atoms with Gasteiger partial charge in [-0.3, -0.25) is 4.79 Å². The van der Waals surface area contributed by atoms with Crippen molar-refractivity contribution in [3.8, 4) is 0 Å². The predicted molar refractivity (Wildman–Crippen MR) is 73.8 cm³/mol. The number of carbonyl (C=O) groups is 1. The van der Waals surface area contributed by atoms with Gasteiger partial charge in [0, 0.05) is 12.1 Å². The second-order valence-electron chi connectivity index (χ2n) is 4.72. The van der Waals surface area contributed by atoms with Crippen LogP contribution in [0.5, 0.6) is 0 Å². The summed E-state index contributed by atoms with van der Waals surface area (Å²) in [6, 6.07) is 13.9. The van der Waals surface area contributed by atoms with Crippen molar-refractivity contribution >= 4 is 12.1 Å². The molecule has 1 heterocycles. The number of carbonyl (C=O) groups excluding carboxylic acids is 1. The first kappa shape index (κ1) is 11.7. The van der Waals surface area contributed by atoms with E-state index in [9.17, 15) is 4.79 Å². The van der Waals surface area contributed by atoms with Crippen LogP contribution in [-0.4, -0.2) is 17.1 Å². The van der Waals surface area contributed by atoms with Gasteiger partial charge in [0.25, 0.3) is 0 Å². The minimum absolute atomic E-state index is 0.00309. The van der Waals surface area contributed by atoms with Gasteiger partial charge in [0.15, 0.2) is 0 Å². The van der Waals surface area contributed by atoms with E-state index < -0.39 is 0 Å². The van der Waals surface area contributed by atoms with Gasteiger partial charge in [0.05, 0.1) is 11.9 Å². The number of hydrogen-bond donors (Lipinski definition) is 2. The third-order valence-electron chi connectivity index (χ3n) is 3.36. The molecule has 2 N–H and O–H groups in total. The molecule has 0 unspecified atom stereocenters. The molecule has 0 bridgehead atoms. The van der Waals surface area contributed by atoms with Crippen molar-refractivity contribution in [1.82, 2.24) is 10.4 Å². The van der Waals surface area contributed by atoms with Crippen molar-refractivity contribution in [2.24, 2.45) is 11.0 Å². The van der Waals surface area contributed by atoms with Gasteiger partial charge in [0.1, 0.15) is 0 Å². The SMILES string of the molecule is O=C(N/N=C/c1ccc[nH]1)[C@H]1C[C@@H]1c1ccccc1. The van der Waals surface area contributed by atoms with Crippen molar-refractivity contribution in [1.29, 1.82) is 0 Å². The number of nitrogens with one attached hydrogen (secondary N) is 2. The molecular weight excluding hydrogens is 238 g/mol. The number of hydrazone groups is 1. The molecule has 0 aliphatic heterocycles. The van der Waals surface area contributed by atoms with Crippen molar-refractivity contribution < 1.29 is 4.79 Å². The molecule has 1 fully saturated rings. The summed E-state index contributed by atoms with van der Waals surface area (Å²) in [7, 11) is 0. The van der Waals surface area contributed by atoms with Crippen molar-refractivity contribution in [3.05, 3.63) is 59.9 Å². The van der Waals surface area contributed by atoms with Crippen LogP contribution < -0.4 is 5.43 Å². The molecule has 96 valence electrons. The molecule has 19 heavy (non-hydrogen) atoms. The van der Waals surface area contributed by atoms with Crippen LogP contribution in [0.3, 0.4) is 0 Å². The highest BCUT2D eigenvalue weighted by Crippen LogP contribution is 2.47. The molecule has 2 atom stereocenters. The molecule has 1 aromatic carbocycles. The van der Waals surface area contributed by atoms with E-state index in [1.54, 1.807) is 6.21 Å². The maximum absolute atomic E-state index is 11.9. The Balaban J connectivity index is 1.53. The molecule has 4 nitrogen and oxygen atoms in total. The van der Waals surface area contributed by atoms with Gasteiger partial charge >= 0.3 is 0 Å². The van der Waals surface area contributed by atoms with Crippen molar-refractivity contribution in [3.63, 3.8) is 0 Å². The van der Waals surface area contributed by atoms with Crippen LogP contribution >= 0.6 is 0 Å². The maximum Gasteiger partial charge on any atom is 0.243 e. The van der Waals surface area contributed by atoms with Gasteiger partial charge in [-0.2, -0.15) is 5.10 Å². The Bertz CT molecular complexity index is 575. The molecule has 0 spiro atoms. The highest BCUT2D eigenvalue weighted by atomic mass is 16.2. The summed E-state index contributed by atoms with van der Waals surface area (Å²) >= 11 is 0. The van der Waals surface area contributed by atoms with E-state index in [1.165, 1.54) is 5.56 Å². The van der Waals surface area contributed by atoms with Crippen LogP contribution in [0, 0.1) is 5.92 Å². The number of hydrogen-bond acceptors (Lipinski definition) is 2. The third-order valence-corrected chi connectivity index (χ3v) is 3.36. The molecule has 1 aromatic heterocycles. The van der Waals surface area contributed by atoms with Gasteiger partial charge in [-0.15, -0.1) is 0 Å². The maximum atomic E-state index is 11.9. The van der Waals surface area contributed by atoms with Crippen LogP contribution in [0.25, 0.3) is 0 Å². The lowest BCUT2D eigenvalue weighted by molar-refractivity contribution is -0.122. The molecule has 2 aromatic rings. The predicted octanol–water partition coefficient (Wildman–Crippen LogP) is 2.27. The van der Waals surface area contributed by atoms with E-state index in [-0.39, 0.29) is 11.8 Å². The number of amides is 1. The van der Waals surface area contributed by atoms with Crippen molar-refractivity contribution in [2.75, 3.05) is 0 Å². The average molecular weight is 253 g/mol. The van der Waals surface area contributed by atoms with E-state index in [1.807, 2.05) is 36.5 Å². The zero-order valence-electron chi connectivity index (χ0n) is 10.4. The van der Waals surface area contributed by atoms with Crippen LogP contribution in [0.4, 0.5) is 0 Å². The summed E-state index contributed by atoms with van der Waals surface area (Å²) in [5, 5.41) is 3.95. The van der Waals surface area contributed by atoms with Crippen molar-refractivity contribution in [2.45, 2.75) is 12.3 Å². The summed E-state index contributed by atoms with van der Waals surface area (Å²) in [5.41, 5.74) is 4.70. The highest BCUT2D eigenvalue weighted by molar-refractivity contribution is 5.84. The molecule has 1 aliphatic carbocycles. The summed E-state index contributed by atoms with van der Waals surface area (Å²) in [5.74, 6) is 0.404. The Hall–Kier alpha value is -2.36. The number of rotatable bonds is 4. The minimum atomic E-state index is -0.00309. The van der Waals surface area contributed by atoms with Gasteiger partial charge in [-0.1, -0.05) is 30.3 Å². The van der Waals surface area contributed by atoms with E-state index >= 15 is 0 Å². The molecule has 1 saturated carbocycles. The van der Waals surface area contributed by atoms with Crippen LogP contribution in [0.2, 0.25) is 0 Å². The number of aromatic nitrogens is 1. The highest BCUT2D eigenvalue weighted by Gasteiger charge is 2.43. The lowest BCUT2D eigenvalue weighted by Crippen LogP contribution is -2.20. The molecular formula is C15H15N3O. The summed E-state index contributed by atoms with van der Waals surface area (Å²) in [6.45, 7) is 0. The summed E-state index contributed by atoms with van der Waals surface area (Å²) in [6.07, 6.45) is 4.33. The minimum Gasteiger partial charge on any atom is -0.360 e. The normalized spacial score (nSPS) is 21.5. The van der Waals surface area contributed by atoms with Gasteiger partial charge in [0.2, 0.25) is 5.91 Å². The Morgan fingerprint density at radius 3 is 2.84 bits per heavy atom. The van der Waals surface area contributed by atoms with Crippen LogP contribution in [0.1, 0.15) is 23.6 Å². The Morgan fingerprint density at radius 2 is 2.11 bits per heavy atom. The van der Waals surface area contributed by atoms with Gasteiger partial charge in [-0.25, -0.2) is 5.43 Å². The molecule has 0 radical (unpaired) electrons. The van der Waals surface area contributed by atoms with Crippen LogP contribution in [0.15, 0.2) is 53.8 Å². The van der Waals surface area contributed by atoms with E-state index in [2.05, 4.69) is 27.6 Å². The number of benzene rings is 1. The first-order chi connectivity index (χ1) is 9.34. The van der Waals surface area contributed by atoms with E-state index in [0.717, 1.165) is 12.1 Å². The number of H-pyrrole nitrogens is 1. The number of nitrogens with zero attached hydrogens (tertiary/aromatic N) is 1. The van der Waals surface area contributed by atoms with Crippen LogP contribution in [-0.2, 0) is 4.79 Å². The number of aromatic amines is 1. The topological polar surface area (TPSA) is 57.2 Å². The van der Waals surface area contributed by atoms with Gasteiger partial charge < -0.3 is 4.98 Å². The first-order valence-corrected chi connectivity index (χ1v) is 6.36. The zero-order valence-corrected chi connectivity index (χ0v) is 10.4. The quantitative estimate of drug-likeness (QED) is 0.637. The fourth-order valence-corrected chi connectivity index (χ4v) is 2.23. The second kappa shape index (κ2) is 5.10. The van der Waals surface area contributed by atoms with E-state index in [0.29, 0.717) is 5.92 Å². The molecule has 0 saturated heterocycles. The average Bonchev–Trinajstić information content (AvgIpc) is 3.09. The Morgan fingerprint density at radius 1 is 1.26 bits per heavy atom. The fraction of sp³-hybridized carbons (Fsp3) is 0.200. The molecule has 3 rings (SSSR count). The summed E-state index contributed by atoms with van der Waals surface area (Å²) < 4.78 is 0. The Labute approximate surface area is 111 Å². The Kier molecular flexibility index (Phi) is 3.14. The summed E-state index contributed by atoms with van der Waals surface area (Å²) in [4.78, 5) is 14.9. The third kappa shape index (κ3) is 2.73. The largest absolute Gasteiger partial charge is 0.360 e. The molecule has 1 amide bonds. The zero-order chi connectivity index (χ0) is 13.1. The smallest absolute Gasteiger partial charge is 0.243 e. The lowest BCUT2D eigenvalue weighted by Gasteiger charge is -1.99.